The number of benzene rings is 1. The molecule has 0 saturated heterocycles. The van der Waals surface area contributed by atoms with Crippen LogP contribution in [-0.4, -0.2) is 10.1 Å². The average Bonchev–Trinajstić information content (AvgIpc) is 2.32. The van der Waals surface area contributed by atoms with Crippen molar-refractivity contribution in [2.75, 3.05) is 5.73 Å². The Hall–Kier alpha value is -1.58. The van der Waals surface area contributed by atoms with Crippen LogP contribution in [-0.2, 0) is 6.42 Å². The molecule has 0 aliphatic rings. The summed E-state index contributed by atoms with van der Waals surface area (Å²) >= 11 is 6.04. The summed E-state index contributed by atoms with van der Waals surface area (Å²) in [5.74, 6) is 0. The Labute approximate surface area is 105 Å². The molecule has 1 atom stereocenters. The van der Waals surface area contributed by atoms with Crippen molar-refractivity contribution in [2.45, 2.75) is 12.5 Å². The number of aliphatic hydroxyl groups is 1. The molecule has 3 nitrogen and oxygen atoms in total. The Morgan fingerprint density at radius 3 is 2.76 bits per heavy atom. The summed E-state index contributed by atoms with van der Waals surface area (Å²) < 4.78 is 0. The van der Waals surface area contributed by atoms with E-state index < -0.39 is 6.10 Å². The zero-order chi connectivity index (χ0) is 12.3. The minimum Gasteiger partial charge on any atom is -0.398 e. The molecule has 0 radical (unpaired) electrons. The highest BCUT2D eigenvalue weighted by Gasteiger charge is 2.13. The Bertz CT molecular complexity index is 516. The maximum absolute atomic E-state index is 10.1. The number of nitrogen functional groups attached to an aromatic ring is 1. The van der Waals surface area contributed by atoms with Gasteiger partial charge in [0, 0.05) is 35.1 Å². The van der Waals surface area contributed by atoms with Gasteiger partial charge in [0.05, 0.1) is 6.10 Å². The summed E-state index contributed by atoms with van der Waals surface area (Å²) in [6.45, 7) is 0. The third kappa shape index (κ3) is 2.75. The molecule has 88 valence electrons. The van der Waals surface area contributed by atoms with E-state index in [2.05, 4.69) is 4.98 Å². The Morgan fingerprint density at radius 1 is 1.29 bits per heavy atom. The SMILES string of the molecule is Nc1ccncc1C(O)Cc1ccccc1Cl. The van der Waals surface area contributed by atoms with Crippen molar-refractivity contribution in [2.24, 2.45) is 0 Å². The minimum atomic E-state index is -0.691. The molecule has 17 heavy (non-hydrogen) atoms. The van der Waals surface area contributed by atoms with Crippen LogP contribution in [0.3, 0.4) is 0 Å². The summed E-state index contributed by atoms with van der Waals surface area (Å²) in [5, 5.41) is 10.7. The van der Waals surface area contributed by atoms with Gasteiger partial charge in [-0.1, -0.05) is 29.8 Å². The van der Waals surface area contributed by atoms with Gasteiger partial charge in [-0.3, -0.25) is 4.98 Å². The van der Waals surface area contributed by atoms with Crippen LogP contribution >= 0.6 is 11.6 Å². The second-order valence-electron chi connectivity index (χ2n) is 3.82. The van der Waals surface area contributed by atoms with Crippen molar-refractivity contribution in [1.82, 2.24) is 4.98 Å². The first-order valence-corrected chi connectivity index (χ1v) is 5.67. The van der Waals surface area contributed by atoms with Crippen LogP contribution < -0.4 is 5.73 Å². The van der Waals surface area contributed by atoms with Gasteiger partial charge in [0.2, 0.25) is 0 Å². The van der Waals surface area contributed by atoms with Crippen LogP contribution in [0.25, 0.3) is 0 Å². The van der Waals surface area contributed by atoms with E-state index in [1.165, 1.54) is 0 Å². The van der Waals surface area contributed by atoms with Crippen LogP contribution in [0.5, 0.6) is 0 Å². The van der Waals surface area contributed by atoms with Crippen LogP contribution in [0.15, 0.2) is 42.7 Å². The second kappa shape index (κ2) is 5.17. The van der Waals surface area contributed by atoms with Gasteiger partial charge in [-0.25, -0.2) is 0 Å². The fraction of sp³-hybridized carbons (Fsp3) is 0.154. The molecule has 0 saturated carbocycles. The highest BCUT2D eigenvalue weighted by atomic mass is 35.5. The number of hydrogen-bond acceptors (Lipinski definition) is 3. The number of aliphatic hydroxyl groups excluding tert-OH is 1. The molecule has 1 heterocycles. The van der Waals surface area contributed by atoms with Crippen molar-refractivity contribution in [3.63, 3.8) is 0 Å². The molecule has 0 spiro atoms. The third-order valence-corrected chi connectivity index (χ3v) is 2.99. The molecule has 4 heteroatoms. The monoisotopic (exact) mass is 248 g/mol. The van der Waals surface area contributed by atoms with E-state index in [0.717, 1.165) is 5.56 Å². The fourth-order valence-electron chi connectivity index (χ4n) is 1.68. The van der Waals surface area contributed by atoms with Crippen LogP contribution in [0.1, 0.15) is 17.2 Å². The molecule has 2 aromatic rings. The largest absolute Gasteiger partial charge is 0.398 e. The van der Waals surface area contributed by atoms with Crippen LogP contribution in [0.4, 0.5) is 5.69 Å². The Balaban J connectivity index is 2.20. The lowest BCUT2D eigenvalue weighted by Gasteiger charge is -2.13. The number of pyridine rings is 1. The first-order chi connectivity index (χ1) is 8.18. The molecular formula is C13H13ClN2O. The molecule has 0 fully saturated rings. The van der Waals surface area contributed by atoms with E-state index in [9.17, 15) is 5.11 Å². The molecule has 1 aromatic heterocycles. The number of aromatic nitrogens is 1. The maximum Gasteiger partial charge on any atom is 0.0865 e. The molecule has 0 aliphatic heterocycles. The van der Waals surface area contributed by atoms with Crippen LogP contribution in [0.2, 0.25) is 5.02 Å². The zero-order valence-electron chi connectivity index (χ0n) is 9.18. The quantitative estimate of drug-likeness (QED) is 0.878. The van der Waals surface area contributed by atoms with E-state index in [-0.39, 0.29) is 0 Å². The molecule has 0 bridgehead atoms. The summed E-state index contributed by atoms with van der Waals surface area (Å²) in [6, 6.07) is 9.11. The first-order valence-electron chi connectivity index (χ1n) is 5.29. The summed E-state index contributed by atoms with van der Waals surface area (Å²) in [7, 11) is 0. The number of hydrogen-bond donors (Lipinski definition) is 2. The molecule has 0 amide bonds. The van der Waals surface area contributed by atoms with E-state index in [4.69, 9.17) is 17.3 Å². The van der Waals surface area contributed by atoms with Gasteiger partial charge in [-0.15, -0.1) is 0 Å². The Kier molecular flexibility index (Phi) is 3.61. The molecule has 0 aliphatic carbocycles. The lowest BCUT2D eigenvalue weighted by Crippen LogP contribution is -2.06. The van der Waals surface area contributed by atoms with Gasteiger partial charge in [-0.2, -0.15) is 0 Å². The van der Waals surface area contributed by atoms with Gasteiger partial charge in [0.25, 0.3) is 0 Å². The molecule has 1 aromatic carbocycles. The van der Waals surface area contributed by atoms with Gasteiger partial charge in [0.15, 0.2) is 0 Å². The second-order valence-corrected chi connectivity index (χ2v) is 4.22. The highest BCUT2D eigenvalue weighted by Crippen LogP contribution is 2.25. The van der Waals surface area contributed by atoms with E-state index >= 15 is 0 Å². The number of anilines is 1. The molecule has 2 rings (SSSR count). The predicted octanol–water partition coefficient (Wildman–Crippen LogP) is 2.59. The first kappa shape index (κ1) is 11.9. The smallest absolute Gasteiger partial charge is 0.0865 e. The predicted molar refractivity (Wildman–Crippen MR) is 68.8 cm³/mol. The van der Waals surface area contributed by atoms with Crippen molar-refractivity contribution >= 4 is 17.3 Å². The van der Waals surface area contributed by atoms with Crippen molar-refractivity contribution in [3.8, 4) is 0 Å². The third-order valence-electron chi connectivity index (χ3n) is 2.62. The number of halogens is 1. The lowest BCUT2D eigenvalue weighted by molar-refractivity contribution is 0.179. The minimum absolute atomic E-state index is 0.426. The summed E-state index contributed by atoms with van der Waals surface area (Å²) in [4.78, 5) is 3.96. The van der Waals surface area contributed by atoms with Crippen molar-refractivity contribution in [1.29, 1.82) is 0 Å². The molecule has 1 unspecified atom stereocenters. The van der Waals surface area contributed by atoms with Gasteiger partial charge < -0.3 is 10.8 Å². The van der Waals surface area contributed by atoms with Crippen molar-refractivity contribution in [3.05, 3.63) is 58.9 Å². The molecular weight excluding hydrogens is 236 g/mol. The number of rotatable bonds is 3. The van der Waals surface area contributed by atoms with Crippen LogP contribution in [0, 0.1) is 0 Å². The summed E-state index contributed by atoms with van der Waals surface area (Å²) in [5.41, 5.74) is 7.85. The fourth-order valence-corrected chi connectivity index (χ4v) is 1.89. The number of nitrogens with two attached hydrogens (primary N) is 1. The van der Waals surface area contributed by atoms with E-state index in [0.29, 0.717) is 22.7 Å². The highest BCUT2D eigenvalue weighted by molar-refractivity contribution is 6.31. The lowest BCUT2D eigenvalue weighted by atomic mass is 10.0. The van der Waals surface area contributed by atoms with Gasteiger partial charge in [0.1, 0.15) is 0 Å². The topological polar surface area (TPSA) is 59.1 Å². The number of nitrogens with zero attached hydrogens (tertiary/aromatic N) is 1. The van der Waals surface area contributed by atoms with Crippen molar-refractivity contribution < 1.29 is 5.11 Å². The van der Waals surface area contributed by atoms with Gasteiger partial charge >= 0.3 is 0 Å². The molecule has 3 N–H and O–H groups in total. The van der Waals surface area contributed by atoms with E-state index in [1.54, 1.807) is 24.5 Å². The average molecular weight is 249 g/mol. The Morgan fingerprint density at radius 2 is 2.06 bits per heavy atom. The zero-order valence-corrected chi connectivity index (χ0v) is 9.93. The van der Waals surface area contributed by atoms with Gasteiger partial charge in [-0.05, 0) is 17.7 Å². The maximum atomic E-state index is 10.1. The normalized spacial score (nSPS) is 12.4. The standard InChI is InChI=1S/C13H13ClN2O/c14-11-4-2-1-3-9(11)7-13(17)10-8-16-6-5-12(10)15/h1-6,8,13,17H,7H2,(H2,15,16). The van der Waals surface area contributed by atoms with E-state index in [1.807, 2.05) is 18.2 Å². The summed E-state index contributed by atoms with van der Waals surface area (Å²) in [6.07, 6.45) is 2.91.